The summed E-state index contributed by atoms with van der Waals surface area (Å²) in [6, 6.07) is 0. The molecule has 0 aliphatic heterocycles. The van der Waals surface area contributed by atoms with Crippen molar-refractivity contribution in [3.8, 4) is 0 Å². The summed E-state index contributed by atoms with van der Waals surface area (Å²) < 4.78 is 2.35. The van der Waals surface area contributed by atoms with Crippen LogP contribution in [-0.2, 0) is 6.54 Å². The Morgan fingerprint density at radius 2 is 2.10 bits per heavy atom. The largest absolute Gasteiger partial charge is 0.383 e. The first kappa shape index (κ1) is 13.4. The number of aryl methyl sites for hydroxylation is 1. The minimum Gasteiger partial charge on any atom is -0.383 e. The summed E-state index contributed by atoms with van der Waals surface area (Å²) in [6.45, 7) is 7.73. The molecule has 0 spiro atoms. The van der Waals surface area contributed by atoms with Gasteiger partial charge in [0.05, 0.1) is 5.39 Å². The lowest BCUT2D eigenvalue weighted by atomic mass is 9.82. The van der Waals surface area contributed by atoms with Crippen LogP contribution in [0.3, 0.4) is 0 Å². The Bertz CT molecular complexity index is 629. The second kappa shape index (κ2) is 5.08. The van der Waals surface area contributed by atoms with Gasteiger partial charge in [0.2, 0.25) is 0 Å². The van der Waals surface area contributed by atoms with Crippen molar-refractivity contribution in [2.75, 3.05) is 5.73 Å². The summed E-state index contributed by atoms with van der Waals surface area (Å²) >= 11 is 0. The van der Waals surface area contributed by atoms with E-state index in [4.69, 9.17) is 5.73 Å². The fourth-order valence-corrected chi connectivity index (χ4v) is 3.70. The molecule has 1 aliphatic rings. The quantitative estimate of drug-likeness (QED) is 0.911. The first-order valence-corrected chi connectivity index (χ1v) is 7.63. The molecule has 4 heteroatoms. The highest BCUT2D eigenvalue weighted by molar-refractivity contribution is 5.90. The molecule has 0 amide bonds. The van der Waals surface area contributed by atoms with Gasteiger partial charge in [-0.15, -0.1) is 0 Å². The zero-order valence-corrected chi connectivity index (χ0v) is 12.7. The van der Waals surface area contributed by atoms with Crippen molar-refractivity contribution in [2.24, 2.45) is 11.8 Å². The Morgan fingerprint density at radius 1 is 1.30 bits per heavy atom. The van der Waals surface area contributed by atoms with Crippen LogP contribution in [0.25, 0.3) is 11.0 Å². The smallest absolute Gasteiger partial charge is 0.145 e. The Labute approximate surface area is 120 Å². The predicted molar refractivity (Wildman–Crippen MR) is 82.5 cm³/mol. The van der Waals surface area contributed by atoms with Crippen LogP contribution in [0, 0.1) is 25.7 Å². The molecule has 3 rings (SSSR count). The Kier molecular flexibility index (Phi) is 3.40. The van der Waals surface area contributed by atoms with E-state index in [9.17, 15) is 0 Å². The van der Waals surface area contributed by atoms with Crippen molar-refractivity contribution in [2.45, 2.75) is 53.0 Å². The third-order valence-electron chi connectivity index (χ3n) is 4.92. The first-order valence-electron chi connectivity index (χ1n) is 7.63. The maximum Gasteiger partial charge on any atom is 0.145 e. The Balaban J connectivity index is 1.99. The normalized spacial score (nSPS) is 23.4. The highest BCUT2D eigenvalue weighted by Crippen LogP contribution is 2.33. The predicted octanol–water partition coefficient (Wildman–Crippen LogP) is 3.46. The van der Waals surface area contributed by atoms with Crippen molar-refractivity contribution in [1.29, 1.82) is 0 Å². The topological polar surface area (TPSA) is 56.7 Å². The molecule has 0 bridgehead atoms. The number of aromatic nitrogens is 3. The summed E-state index contributed by atoms with van der Waals surface area (Å²) in [5.74, 6) is 2.23. The van der Waals surface area contributed by atoms with Crippen molar-refractivity contribution < 1.29 is 0 Å². The van der Waals surface area contributed by atoms with Crippen LogP contribution >= 0.6 is 0 Å². The molecule has 0 radical (unpaired) electrons. The summed E-state index contributed by atoms with van der Waals surface area (Å²) in [4.78, 5) is 8.61. The molecule has 0 saturated heterocycles. The van der Waals surface area contributed by atoms with E-state index in [1.165, 1.54) is 36.9 Å². The van der Waals surface area contributed by atoms with E-state index in [-0.39, 0.29) is 0 Å². The number of nitrogen functional groups attached to an aromatic ring is 1. The van der Waals surface area contributed by atoms with Crippen LogP contribution < -0.4 is 5.73 Å². The SMILES string of the molecule is Cc1c(C)n(CC2CCCC(C)C2)c2ncnc(N)c12. The number of fused-ring (bicyclic) bond motifs is 1. The lowest BCUT2D eigenvalue weighted by Gasteiger charge is -2.27. The van der Waals surface area contributed by atoms with Gasteiger partial charge in [-0.2, -0.15) is 0 Å². The third kappa shape index (κ3) is 2.17. The molecule has 2 N–H and O–H groups in total. The Morgan fingerprint density at radius 3 is 2.85 bits per heavy atom. The number of nitrogens with two attached hydrogens (primary N) is 1. The zero-order chi connectivity index (χ0) is 14.3. The molecule has 2 aromatic heterocycles. The van der Waals surface area contributed by atoms with Crippen LogP contribution in [0.4, 0.5) is 5.82 Å². The van der Waals surface area contributed by atoms with Gasteiger partial charge >= 0.3 is 0 Å². The van der Waals surface area contributed by atoms with Crippen molar-refractivity contribution in [3.05, 3.63) is 17.6 Å². The van der Waals surface area contributed by atoms with Crippen LogP contribution in [-0.4, -0.2) is 14.5 Å². The lowest BCUT2D eigenvalue weighted by molar-refractivity contribution is 0.257. The highest BCUT2D eigenvalue weighted by atomic mass is 15.1. The van der Waals surface area contributed by atoms with E-state index < -0.39 is 0 Å². The molecular formula is C16H24N4. The van der Waals surface area contributed by atoms with Crippen molar-refractivity contribution in [1.82, 2.24) is 14.5 Å². The van der Waals surface area contributed by atoms with Crippen LogP contribution in [0.15, 0.2) is 6.33 Å². The molecule has 0 aromatic carbocycles. The summed E-state index contributed by atoms with van der Waals surface area (Å²) in [6.07, 6.45) is 6.99. The van der Waals surface area contributed by atoms with Gasteiger partial charge in [0, 0.05) is 12.2 Å². The average Bonchev–Trinajstić information content (AvgIpc) is 2.65. The molecule has 2 unspecified atom stereocenters. The van der Waals surface area contributed by atoms with Crippen LogP contribution in [0.2, 0.25) is 0 Å². The van der Waals surface area contributed by atoms with E-state index >= 15 is 0 Å². The minimum absolute atomic E-state index is 0.603. The van der Waals surface area contributed by atoms with Gasteiger partial charge in [-0.25, -0.2) is 9.97 Å². The maximum atomic E-state index is 6.03. The summed E-state index contributed by atoms with van der Waals surface area (Å²) in [5.41, 5.74) is 9.54. The monoisotopic (exact) mass is 272 g/mol. The Hall–Kier alpha value is -1.58. The first-order chi connectivity index (χ1) is 9.58. The summed E-state index contributed by atoms with van der Waals surface area (Å²) in [5, 5.41) is 1.04. The maximum absolute atomic E-state index is 6.03. The van der Waals surface area contributed by atoms with Crippen LogP contribution in [0.5, 0.6) is 0 Å². The molecule has 2 atom stereocenters. The minimum atomic E-state index is 0.603. The van der Waals surface area contributed by atoms with Gasteiger partial charge in [0.15, 0.2) is 0 Å². The zero-order valence-electron chi connectivity index (χ0n) is 12.7. The second-order valence-electron chi connectivity index (χ2n) is 6.42. The molecular weight excluding hydrogens is 248 g/mol. The molecule has 20 heavy (non-hydrogen) atoms. The molecule has 1 aliphatic carbocycles. The second-order valence-corrected chi connectivity index (χ2v) is 6.42. The molecule has 108 valence electrons. The number of rotatable bonds is 2. The molecule has 4 nitrogen and oxygen atoms in total. The van der Waals surface area contributed by atoms with E-state index in [0.717, 1.165) is 29.4 Å². The fraction of sp³-hybridized carbons (Fsp3) is 0.625. The third-order valence-corrected chi connectivity index (χ3v) is 4.92. The van der Waals surface area contributed by atoms with Gasteiger partial charge in [0.1, 0.15) is 17.8 Å². The van der Waals surface area contributed by atoms with Gasteiger partial charge < -0.3 is 10.3 Å². The number of hydrogen-bond acceptors (Lipinski definition) is 3. The number of hydrogen-bond donors (Lipinski definition) is 1. The molecule has 1 fully saturated rings. The fourth-order valence-electron chi connectivity index (χ4n) is 3.70. The molecule has 2 aromatic rings. The number of anilines is 1. The molecule has 1 saturated carbocycles. The van der Waals surface area contributed by atoms with E-state index in [1.807, 2.05) is 0 Å². The lowest BCUT2D eigenvalue weighted by Crippen LogP contribution is -2.19. The van der Waals surface area contributed by atoms with Crippen molar-refractivity contribution >= 4 is 16.9 Å². The molecule has 2 heterocycles. The van der Waals surface area contributed by atoms with Crippen molar-refractivity contribution in [3.63, 3.8) is 0 Å². The highest BCUT2D eigenvalue weighted by Gasteiger charge is 2.22. The van der Waals surface area contributed by atoms with E-state index in [2.05, 4.69) is 35.3 Å². The van der Waals surface area contributed by atoms with E-state index in [1.54, 1.807) is 6.33 Å². The summed E-state index contributed by atoms with van der Waals surface area (Å²) in [7, 11) is 0. The van der Waals surface area contributed by atoms with E-state index in [0.29, 0.717) is 5.82 Å². The van der Waals surface area contributed by atoms with Gasteiger partial charge in [-0.1, -0.05) is 19.8 Å². The standard InChI is InChI=1S/C16H24N4/c1-10-5-4-6-13(7-10)8-20-12(3)11(2)14-15(17)18-9-19-16(14)20/h9-10,13H,4-8H2,1-3H3,(H2,17,18,19). The van der Waals surface area contributed by atoms with Gasteiger partial charge in [-0.05, 0) is 44.1 Å². The average molecular weight is 272 g/mol. The number of nitrogens with zero attached hydrogens (tertiary/aromatic N) is 3. The van der Waals surface area contributed by atoms with Gasteiger partial charge in [0.25, 0.3) is 0 Å². The van der Waals surface area contributed by atoms with Crippen LogP contribution in [0.1, 0.15) is 43.9 Å². The van der Waals surface area contributed by atoms with Gasteiger partial charge in [-0.3, -0.25) is 0 Å².